The summed E-state index contributed by atoms with van der Waals surface area (Å²) in [7, 11) is 2.18. The zero-order valence-corrected chi connectivity index (χ0v) is 15.6. The number of nitrogens with zero attached hydrogens (tertiary/aromatic N) is 3. The molecule has 0 fully saturated rings. The number of benzene rings is 1. The normalized spacial score (nSPS) is 15.6. The van der Waals surface area contributed by atoms with Crippen molar-refractivity contribution >= 4 is 34.3 Å². The van der Waals surface area contributed by atoms with Crippen LogP contribution in [-0.4, -0.2) is 28.0 Å². The molecule has 1 aromatic carbocycles. The predicted molar refractivity (Wildman–Crippen MR) is 106 cm³/mol. The Morgan fingerprint density at radius 2 is 2.08 bits per heavy atom. The number of pyridine rings is 1. The molecule has 1 aliphatic heterocycles. The molecule has 0 spiro atoms. The summed E-state index contributed by atoms with van der Waals surface area (Å²) < 4.78 is 2.35. The zero-order valence-electron chi connectivity index (χ0n) is 14.9. The van der Waals surface area contributed by atoms with E-state index in [9.17, 15) is 0 Å². The molecule has 0 aliphatic carbocycles. The molecule has 4 rings (SSSR count). The van der Waals surface area contributed by atoms with Gasteiger partial charge in [-0.1, -0.05) is 17.7 Å². The van der Waals surface area contributed by atoms with E-state index in [0.29, 0.717) is 0 Å². The highest BCUT2D eigenvalue weighted by Gasteiger charge is 2.22. The monoisotopic (exact) mass is 351 g/mol. The topological polar surface area (TPSA) is 21.1 Å². The number of aromatic nitrogens is 2. The van der Waals surface area contributed by atoms with Gasteiger partial charge in [0.05, 0.1) is 5.52 Å². The molecule has 0 unspecified atom stereocenters. The van der Waals surface area contributed by atoms with E-state index in [2.05, 4.69) is 58.9 Å². The molecule has 0 bridgehead atoms. The standard InChI is InChI=1S/C21H22ClN3/c1-14(16-5-4-15(2)23-11-16)12-25-20-7-6-17(22)10-18(20)19-13-24(3)9-8-21(19)25/h4-7,10-12H,8-9,13H2,1-3H3/b14-12+. The van der Waals surface area contributed by atoms with E-state index < -0.39 is 0 Å². The van der Waals surface area contributed by atoms with E-state index in [0.717, 1.165) is 35.8 Å². The van der Waals surface area contributed by atoms with Gasteiger partial charge in [0.15, 0.2) is 0 Å². The largest absolute Gasteiger partial charge is 0.320 e. The molecule has 4 heteroatoms. The summed E-state index contributed by atoms with van der Waals surface area (Å²) in [5.41, 5.74) is 7.43. The van der Waals surface area contributed by atoms with Crippen molar-refractivity contribution in [1.82, 2.24) is 14.5 Å². The lowest BCUT2D eigenvalue weighted by Crippen LogP contribution is -2.26. The van der Waals surface area contributed by atoms with Gasteiger partial charge in [-0.25, -0.2) is 0 Å². The van der Waals surface area contributed by atoms with Crippen molar-refractivity contribution in [3.8, 4) is 0 Å². The first-order valence-electron chi connectivity index (χ1n) is 8.64. The first kappa shape index (κ1) is 16.4. The van der Waals surface area contributed by atoms with Crippen molar-refractivity contribution in [2.24, 2.45) is 0 Å². The van der Waals surface area contributed by atoms with E-state index in [-0.39, 0.29) is 0 Å². The summed E-state index contributed by atoms with van der Waals surface area (Å²) in [6, 6.07) is 10.4. The summed E-state index contributed by atoms with van der Waals surface area (Å²) in [6.45, 7) is 6.21. The number of aryl methyl sites for hydroxylation is 1. The van der Waals surface area contributed by atoms with Crippen molar-refractivity contribution < 1.29 is 0 Å². The third-order valence-corrected chi connectivity index (χ3v) is 5.27. The SMILES string of the molecule is C/C(=C\n1c2c(c3cc(Cl)ccc31)CN(C)CC2)c1ccc(C)nc1. The highest BCUT2D eigenvalue weighted by atomic mass is 35.5. The van der Waals surface area contributed by atoms with Gasteiger partial charge in [-0.3, -0.25) is 4.98 Å². The second-order valence-corrected chi connectivity index (χ2v) is 7.38. The first-order valence-corrected chi connectivity index (χ1v) is 9.02. The second-order valence-electron chi connectivity index (χ2n) is 6.94. The van der Waals surface area contributed by atoms with Gasteiger partial charge in [-0.15, -0.1) is 0 Å². The summed E-state index contributed by atoms with van der Waals surface area (Å²) in [6.07, 6.45) is 5.24. The summed E-state index contributed by atoms with van der Waals surface area (Å²) in [5.74, 6) is 0. The Hall–Kier alpha value is -2.10. The fourth-order valence-electron chi connectivity index (χ4n) is 3.62. The maximum absolute atomic E-state index is 6.28. The summed E-state index contributed by atoms with van der Waals surface area (Å²) in [4.78, 5) is 6.80. The van der Waals surface area contributed by atoms with Crippen molar-refractivity contribution in [2.75, 3.05) is 13.6 Å². The molecule has 0 saturated carbocycles. The Bertz CT molecular complexity index is 967. The van der Waals surface area contributed by atoms with Crippen LogP contribution in [-0.2, 0) is 13.0 Å². The van der Waals surface area contributed by atoms with Crippen molar-refractivity contribution in [3.05, 3.63) is 64.1 Å². The first-order chi connectivity index (χ1) is 12.0. The van der Waals surface area contributed by atoms with Crippen molar-refractivity contribution in [2.45, 2.75) is 26.8 Å². The van der Waals surface area contributed by atoms with Gasteiger partial charge < -0.3 is 9.47 Å². The molecule has 2 aromatic heterocycles. The molecule has 3 aromatic rings. The van der Waals surface area contributed by atoms with Gasteiger partial charge in [0, 0.05) is 53.7 Å². The molecule has 3 heterocycles. The lowest BCUT2D eigenvalue weighted by Gasteiger charge is -2.23. The van der Waals surface area contributed by atoms with Gasteiger partial charge in [-0.05, 0) is 61.9 Å². The third kappa shape index (κ3) is 2.99. The van der Waals surface area contributed by atoms with Gasteiger partial charge >= 0.3 is 0 Å². The molecule has 0 amide bonds. The Morgan fingerprint density at radius 3 is 2.84 bits per heavy atom. The quantitative estimate of drug-likeness (QED) is 0.647. The van der Waals surface area contributed by atoms with Crippen LogP contribution in [0.1, 0.15) is 29.4 Å². The number of hydrogen-bond acceptors (Lipinski definition) is 2. The van der Waals surface area contributed by atoms with Crippen LogP contribution in [0.25, 0.3) is 22.7 Å². The second kappa shape index (κ2) is 6.32. The predicted octanol–water partition coefficient (Wildman–Crippen LogP) is 5.00. The van der Waals surface area contributed by atoms with E-state index in [1.165, 1.54) is 27.7 Å². The average Bonchev–Trinajstić information content (AvgIpc) is 2.88. The number of halogens is 1. The van der Waals surface area contributed by atoms with Crippen LogP contribution in [0.5, 0.6) is 0 Å². The average molecular weight is 352 g/mol. The number of hydrogen-bond donors (Lipinski definition) is 0. The van der Waals surface area contributed by atoms with Crippen molar-refractivity contribution in [1.29, 1.82) is 0 Å². The van der Waals surface area contributed by atoms with Crippen LogP contribution in [0.2, 0.25) is 5.02 Å². The van der Waals surface area contributed by atoms with Gasteiger partial charge in [0.25, 0.3) is 0 Å². The molecule has 25 heavy (non-hydrogen) atoms. The van der Waals surface area contributed by atoms with E-state index in [1.807, 2.05) is 19.2 Å². The van der Waals surface area contributed by atoms with E-state index in [4.69, 9.17) is 11.6 Å². The minimum absolute atomic E-state index is 0.795. The van der Waals surface area contributed by atoms with E-state index >= 15 is 0 Å². The minimum atomic E-state index is 0.795. The van der Waals surface area contributed by atoms with Gasteiger partial charge in [0.2, 0.25) is 0 Å². The fraction of sp³-hybridized carbons (Fsp3) is 0.286. The fourth-order valence-corrected chi connectivity index (χ4v) is 3.79. The smallest absolute Gasteiger partial charge is 0.0529 e. The van der Waals surface area contributed by atoms with E-state index in [1.54, 1.807) is 0 Å². The molecule has 1 aliphatic rings. The number of likely N-dealkylation sites (N-methyl/N-ethyl adjacent to an activating group) is 1. The molecule has 128 valence electrons. The number of allylic oxidation sites excluding steroid dienone is 1. The molecular weight excluding hydrogens is 330 g/mol. The van der Waals surface area contributed by atoms with Crippen LogP contribution >= 0.6 is 11.6 Å². The molecule has 3 nitrogen and oxygen atoms in total. The Labute approximate surface area is 153 Å². The van der Waals surface area contributed by atoms with Crippen LogP contribution < -0.4 is 0 Å². The maximum Gasteiger partial charge on any atom is 0.0529 e. The van der Waals surface area contributed by atoms with Crippen LogP contribution in [0.3, 0.4) is 0 Å². The highest BCUT2D eigenvalue weighted by molar-refractivity contribution is 6.31. The number of fused-ring (bicyclic) bond motifs is 3. The Morgan fingerprint density at radius 1 is 1.24 bits per heavy atom. The highest BCUT2D eigenvalue weighted by Crippen LogP contribution is 2.33. The van der Waals surface area contributed by atoms with Crippen LogP contribution in [0.15, 0.2) is 36.5 Å². The molecular formula is C21H22ClN3. The Balaban J connectivity index is 1.89. The molecule has 0 N–H and O–H groups in total. The summed E-state index contributed by atoms with van der Waals surface area (Å²) in [5, 5.41) is 2.06. The minimum Gasteiger partial charge on any atom is -0.320 e. The third-order valence-electron chi connectivity index (χ3n) is 5.03. The summed E-state index contributed by atoms with van der Waals surface area (Å²) >= 11 is 6.28. The maximum atomic E-state index is 6.28. The lowest BCUT2D eigenvalue weighted by atomic mass is 10.1. The molecule has 0 radical (unpaired) electrons. The lowest BCUT2D eigenvalue weighted by molar-refractivity contribution is 0.312. The van der Waals surface area contributed by atoms with Gasteiger partial charge in [-0.2, -0.15) is 0 Å². The van der Waals surface area contributed by atoms with Crippen molar-refractivity contribution in [3.63, 3.8) is 0 Å². The molecule has 0 saturated heterocycles. The van der Waals surface area contributed by atoms with Gasteiger partial charge in [0.1, 0.15) is 0 Å². The number of rotatable bonds is 2. The van der Waals surface area contributed by atoms with Crippen LogP contribution in [0, 0.1) is 6.92 Å². The zero-order chi connectivity index (χ0) is 17.6. The molecule has 0 atom stereocenters. The Kier molecular flexibility index (Phi) is 4.14. The van der Waals surface area contributed by atoms with Crippen LogP contribution in [0.4, 0.5) is 0 Å².